The fourth-order valence-electron chi connectivity index (χ4n) is 5.73. The largest absolute Gasteiger partial charge is 0.478 e. The molecule has 0 saturated heterocycles. The predicted octanol–water partition coefficient (Wildman–Crippen LogP) is 5.33. The van der Waals surface area contributed by atoms with Crippen LogP contribution in [0.4, 0.5) is 5.69 Å². The minimum Gasteiger partial charge on any atom is -0.478 e. The van der Waals surface area contributed by atoms with Gasteiger partial charge in [-0.15, -0.1) is 0 Å². The fraction of sp³-hybridized carbons (Fsp3) is 0.381. The minimum atomic E-state index is -0.871. The van der Waals surface area contributed by atoms with E-state index in [-0.39, 0.29) is 6.04 Å². The normalized spacial score (nSPS) is 32.0. The molecule has 0 radical (unpaired) electrons. The molecule has 0 amide bonds. The summed E-state index contributed by atoms with van der Waals surface area (Å²) < 4.78 is 0. The number of carbonyl (C=O) groups is 1. The molecule has 1 heterocycles. The standard InChI is InChI=1S/C21H20ClNO2/c22-16-7-2-1-4-13(16)20-18-12-9-8-11(10-12)17(18)14-5-3-6-15(21(24)25)19(14)23-20/h1-7,11-12,17-18,20,23H,8-10H2,(H,24,25)/t11-,12-,17+,18-,20+/m0/s1. The molecule has 0 spiro atoms. The average molecular weight is 354 g/mol. The van der Waals surface area contributed by atoms with Crippen LogP contribution < -0.4 is 5.32 Å². The Morgan fingerprint density at radius 3 is 2.60 bits per heavy atom. The molecule has 5 atom stereocenters. The van der Waals surface area contributed by atoms with E-state index in [0.29, 0.717) is 29.2 Å². The summed E-state index contributed by atoms with van der Waals surface area (Å²) in [6, 6.07) is 13.8. The van der Waals surface area contributed by atoms with Crippen LogP contribution in [0.3, 0.4) is 0 Å². The van der Waals surface area contributed by atoms with E-state index in [4.69, 9.17) is 11.6 Å². The van der Waals surface area contributed by atoms with Gasteiger partial charge in [-0.05, 0) is 66.2 Å². The maximum absolute atomic E-state index is 11.8. The van der Waals surface area contributed by atoms with Crippen molar-refractivity contribution < 1.29 is 9.90 Å². The first-order valence-electron chi connectivity index (χ1n) is 9.02. The summed E-state index contributed by atoms with van der Waals surface area (Å²) in [5.41, 5.74) is 3.46. The number of halogens is 1. The molecule has 128 valence electrons. The van der Waals surface area contributed by atoms with Crippen LogP contribution in [0.15, 0.2) is 42.5 Å². The highest BCUT2D eigenvalue weighted by atomic mass is 35.5. The van der Waals surface area contributed by atoms with Gasteiger partial charge in [0.15, 0.2) is 0 Å². The number of hydrogen-bond acceptors (Lipinski definition) is 2. The Hall–Kier alpha value is -2.00. The lowest BCUT2D eigenvalue weighted by Crippen LogP contribution is -2.36. The van der Waals surface area contributed by atoms with Crippen LogP contribution in [-0.4, -0.2) is 11.1 Å². The molecule has 2 aliphatic carbocycles. The molecule has 3 aliphatic rings. The van der Waals surface area contributed by atoms with Crippen molar-refractivity contribution in [3.63, 3.8) is 0 Å². The van der Waals surface area contributed by atoms with Gasteiger partial charge in [0.1, 0.15) is 0 Å². The highest BCUT2D eigenvalue weighted by molar-refractivity contribution is 6.31. The summed E-state index contributed by atoms with van der Waals surface area (Å²) in [6.45, 7) is 0. The molecule has 0 aromatic heterocycles. The second-order valence-corrected chi connectivity index (χ2v) is 8.06. The summed E-state index contributed by atoms with van der Waals surface area (Å²) in [7, 11) is 0. The Bertz CT molecular complexity index is 865. The first kappa shape index (κ1) is 15.3. The summed E-state index contributed by atoms with van der Waals surface area (Å²) in [5.74, 6) is 1.44. The van der Waals surface area contributed by atoms with Gasteiger partial charge < -0.3 is 10.4 Å². The van der Waals surface area contributed by atoms with Crippen molar-refractivity contribution in [1.29, 1.82) is 0 Å². The number of para-hydroxylation sites is 1. The topological polar surface area (TPSA) is 49.3 Å². The molecular weight excluding hydrogens is 334 g/mol. The van der Waals surface area contributed by atoms with Crippen molar-refractivity contribution in [2.45, 2.75) is 31.2 Å². The van der Waals surface area contributed by atoms with Crippen molar-refractivity contribution in [3.05, 3.63) is 64.2 Å². The number of aromatic carboxylic acids is 1. The molecule has 25 heavy (non-hydrogen) atoms. The van der Waals surface area contributed by atoms with Crippen molar-refractivity contribution in [2.24, 2.45) is 17.8 Å². The number of anilines is 1. The summed E-state index contributed by atoms with van der Waals surface area (Å²) in [6.07, 6.45) is 3.80. The zero-order chi connectivity index (χ0) is 17.1. The summed E-state index contributed by atoms with van der Waals surface area (Å²) in [4.78, 5) is 11.8. The van der Waals surface area contributed by atoms with Crippen molar-refractivity contribution in [3.8, 4) is 0 Å². The maximum Gasteiger partial charge on any atom is 0.337 e. The lowest BCUT2D eigenvalue weighted by atomic mass is 9.67. The molecule has 2 N–H and O–H groups in total. The van der Waals surface area contributed by atoms with Gasteiger partial charge in [0.25, 0.3) is 0 Å². The first-order chi connectivity index (χ1) is 12.1. The quantitative estimate of drug-likeness (QED) is 0.766. The van der Waals surface area contributed by atoms with Gasteiger partial charge in [-0.2, -0.15) is 0 Å². The molecule has 2 fully saturated rings. The van der Waals surface area contributed by atoms with E-state index in [0.717, 1.165) is 16.3 Å². The second kappa shape index (κ2) is 5.50. The molecule has 0 unspecified atom stereocenters. The molecule has 2 aromatic carbocycles. The Kier molecular flexibility index (Phi) is 3.36. The molecule has 5 rings (SSSR count). The Morgan fingerprint density at radius 2 is 1.80 bits per heavy atom. The lowest BCUT2D eigenvalue weighted by Gasteiger charge is -2.44. The van der Waals surface area contributed by atoms with Crippen LogP contribution >= 0.6 is 11.6 Å². The summed E-state index contributed by atoms with van der Waals surface area (Å²) in [5, 5.41) is 14.0. The van der Waals surface area contributed by atoms with Gasteiger partial charge >= 0.3 is 5.97 Å². The fourth-order valence-corrected chi connectivity index (χ4v) is 5.98. The highest BCUT2D eigenvalue weighted by Crippen LogP contribution is 2.64. The SMILES string of the molecule is O=C(O)c1cccc2c1N[C@H](c1ccccc1Cl)[C@H]1[C@H]3CC[C@@H](C3)[C@H]21. The number of hydrogen-bond donors (Lipinski definition) is 2. The number of benzene rings is 2. The third-order valence-corrected chi connectivity index (χ3v) is 6.94. The van der Waals surface area contributed by atoms with Gasteiger partial charge in [0.05, 0.1) is 17.3 Å². The zero-order valence-electron chi connectivity index (χ0n) is 13.8. The van der Waals surface area contributed by atoms with Crippen molar-refractivity contribution in [2.75, 3.05) is 5.32 Å². The third kappa shape index (κ3) is 2.15. The second-order valence-electron chi connectivity index (χ2n) is 7.65. The number of carboxylic acids is 1. The summed E-state index contributed by atoms with van der Waals surface area (Å²) >= 11 is 6.52. The lowest BCUT2D eigenvalue weighted by molar-refractivity contribution is 0.0697. The van der Waals surface area contributed by atoms with Gasteiger partial charge in [-0.3, -0.25) is 0 Å². The Balaban J connectivity index is 1.70. The number of rotatable bonds is 2. The molecule has 2 aromatic rings. The van der Waals surface area contributed by atoms with E-state index in [1.165, 1.54) is 24.8 Å². The Morgan fingerprint density at radius 1 is 1.04 bits per heavy atom. The van der Waals surface area contributed by atoms with E-state index in [1.807, 2.05) is 24.3 Å². The Labute approximate surface area is 152 Å². The molecular formula is C21H20ClNO2. The van der Waals surface area contributed by atoms with Crippen LogP contribution in [-0.2, 0) is 0 Å². The number of carboxylic acid groups (broad SMARTS) is 1. The zero-order valence-corrected chi connectivity index (χ0v) is 14.5. The van der Waals surface area contributed by atoms with Gasteiger partial charge in [-0.25, -0.2) is 4.79 Å². The molecule has 3 nitrogen and oxygen atoms in total. The smallest absolute Gasteiger partial charge is 0.337 e. The van der Waals surface area contributed by atoms with E-state index < -0.39 is 5.97 Å². The number of fused-ring (bicyclic) bond motifs is 7. The molecule has 2 saturated carbocycles. The number of nitrogens with one attached hydrogen (secondary N) is 1. The van der Waals surface area contributed by atoms with Gasteiger partial charge in [0, 0.05) is 5.02 Å². The van der Waals surface area contributed by atoms with E-state index in [1.54, 1.807) is 6.07 Å². The predicted molar refractivity (Wildman–Crippen MR) is 98.3 cm³/mol. The van der Waals surface area contributed by atoms with Crippen molar-refractivity contribution in [1.82, 2.24) is 0 Å². The van der Waals surface area contributed by atoms with E-state index in [2.05, 4.69) is 17.4 Å². The van der Waals surface area contributed by atoms with Crippen molar-refractivity contribution >= 4 is 23.3 Å². The monoisotopic (exact) mass is 353 g/mol. The van der Waals surface area contributed by atoms with Gasteiger partial charge in [-0.1, -0.05) is 41.9 Å². The van der Waals surface area contributed by atoms with Crippen LogP contribution in [0, 0.1) is 17.8 Å². The van der Waals surface area contributed by atoms with Gasteiger partial charge in [0.2, 0.25) is 0 Å². The first-order valence-corrected chi connectivity index (χ1v) is 9.40. The van der Waals surface area contributed by atoms with E-state index >= 15 is 0 Å². The van der Waals surface area contributed by atoms with Crippen LogP contribution in [0.25, 0.3) is 0 Å². The molecule has 4 heteroatoms. The average Bonchev–Trinajstić information content (AvgIpc) is 3.23. The molecule has 1 aliphatic heterocycles. The molecule has 2 bridgehead atoms. The van der Waals surface area contributed by atoms with Crippen LogP contribution in [0.5, 0.6) is 0 Å². The van der Waals surface area contributed by atoms with E-state index in [9.17, 15) is 9.90 Å². The highest BCUT2D eigenvalue weighted by Gasteiger charge is 2.54. The van der Waals surface area contributed by atoms with Crippen LogP contribution in [0.1, 0.15) is 52.7 Å². The van der Waals surface area contributed by atoms with Crippen LogP contribution in [0.2, 0.25) is 5.02 Å². The third-order valence-electron chi connectivity index (χ3n) is 6.59. The maximum atomic E-state index is 11.8. The minimum absolute atomic E-state index is 0.0852.